The van der Waals surface area contributed by atoms with Crippen molar-refractivity contribution in [1.29, 1.82) is 0 Å². The number of halogens is 1. The van der Waals surface area contributed by atoms with Crippen LogP contribution in [0.15, 0.2) is 42.5 Å². The van der Waals surface area contributed by atoms with Crippen molar-refractivity contribution in [3.63, 3.8) is 0 Å². The first-order valence-electron chi connectivity index (χ1n) is 6.06. The monoisotopic (exact) mass is 304 g/mol. The van der Waals surface area contributed by atoms with Crippen molar-refractivity contribution in [2.45, 2.75) is 0 Å². The van der Waals surface area contributed by atoms with Gasteiger partial charge >= 0.3 is 5.97 Å². The zero-order valence-corrected chi connectivity index (χ0v) is 12.0. The topological polar surface area (TPSA) is 81.4 Å². The van der Waals surface area contributed by atoms with Crippen LogP contribution >= 0.6 is 11.6 Å². The van der Waals surface area contributed by atoms with Crippen molar-refractivity contribution < 1.29 is 14.3 Å². The molecule has 0 aliphatic carbocycles. The Bertz CT molecular complexity index is 684. The lowest BCUT2D eigenvalue weighted by Crippen LogP contribution is -2.15. The molecular formula is C15H13ClN2O3. The number of rotatable bonds is 3. The summed E-state index contributed by atoms with van der Waals surface area (Å²) in [7, 11) is 1.26. The number of amides is 1. The molecule has 0 aliphatic rings. The highest BCUT2D eigenvalue weighted by atomic mass is 35.5. The summed E-state index contributed by atoms with van der Waals surface area (Å²) in [5.41, 5.74) is 7.08. The van der Waals surface area contributed by atoms with Gasteiger partial charge < -0.3 is 15.8 Å². The second-order valence-electron chi connectivity index (χ2n) is 4.26. The lowest BCUT2D eigenvalue weighted by Gasteiger charge is -2.10. The molecule has 0 spiro atoms. The molecule has 0 saturated carbocycles. The molecule has 0 aliphatic heterocycles. The first-order chi connectivity index (χ1) is 10.0. The van der Waals surface area contributed by atoms with Gasteiger partial charge in [-0.2, -0.15) is 0 Å². The van der Waals surface area contributed by atoms with Gasteiger partial charge in [-0.3, -0.25) is 4.79 Å². The van der Waals surface area contributed by atoms with Gasteiger partial charge in [-0.1, -0.05) is 11.6 Å². The maximum Gasteiger partial charge on any atom is 0.340 e. The molecule has 5 nitrogen and oxygen atoms in total. The van der Waals surface area contributed by atoms with Gasteiger partial charge in [-0.25, -0.2) is 4.79 Å². The normalized spacial score (nSPS) is 10.0. The van der Waals surface area contributed by atoms with Crippen LogP contribution in [0.2, 0.25) is 5.02 Å². The van der Waals surface area contributed by atoms with E-state index in [9.17, 15) is 9.59 Å². The zero-order chi connectivity index (χ0) is 15.4. The number of methoxy groups -OCH3 is 1. The van der Waals surface area contributed by atoms with Crippen molar-refractivity contribution in [2.75, 3.05) is 18.2 Å². The number of hydrogen-bond acceptors (Lipinski definition) is 4. The zero-order valence-electron chi connectivity index (χ0n) is 11.2. The highest BCUT2D eigenvalue weighted by molar-refractivity contribution is 6.31. The van der Waals surface area contributed by atoms with Crippen molar-refractivity contribution in [1.82, 2.24) is 0 Å². The average molecular weight is 305 g/mol. The molecule has 0 unspecified atom stereocenters. The number of carbonyl (C=O) groups is 2. The van der Waals surface area contributed by atoms with Crippen LogP contribution in [-0.2, 0) is 4.74 Å². The number of benzene rings is 2. The molecule has 21 heavy (non-hydrogen) atoms. The SMILES string of the molecule is COC(=O)c1cc(Cl)ccc1NC(=O)c1ccc(N)cc1. The van der Waals surface area contributed by atoms with Crippen LogP contribution in [0.25, 0.3) is 0 Å². The molecule has 2 aromatic rings. The van der Waals surface area contributed by atoms with E-state index in [1.54, 1.807) is 36.4 Å². The summed E-state index contributed by atoms with van der Waals surface area (Å²) in [4.78, 5) is 23.8. The maximum atomic E-state index is 12.1. The highest BCUT2D eigenvalue weighted by Gasteiger charge is 2.15. The van der Waals surface area contributed by atoms with E-state index in [-0.39, 0.29) is 11.5 Å². The van der Waals surface area contributed by atoms with E-state index in [1.807, 2.05) is 0 Å². The number of nitrogens with one attached hydrogen (secondary N) is 1. The fourth-order valence-corrected chi connectivity index (χ4v) is 1.91. The fraction of sp³-hybridized carbons (Fsp3) is 0.0667. The van der Waals surface area contributed by atoms with Crippen molar-refractivity contribution in [3.05, 3.63) is 58.6 Å². The minimum atomic E-state index is -0.579. The highest BCUT2D eigenvalue weighted by Crippen LogP contribution is 2.22. The second kappa shape index (κ2) is 6.28. The molecule has 2 aromatic carbocycles. The Morgan fingerprint density at radius 2 is 1.81 bits per heavy atom. The van der Waals surface area contributed by atoms with Gasteiger partial charge in [0, 0.05) is 16.3 Å². The van der Waals surface area contributed by atoms with Gasteiger partial charge in [-0.15, -0.1) is 0 Å². The molecular weight excluding hydrogens is 292 g/mol. The van der Waals surface area contributed by atoms with Gasteiger partial charge in [-0.05, 0) is 42.5 Å². The summed E-state index contributed by atoms with van der Waals surface area (Å²) < 4.78 is 4.67. The third kappa shape index (κ3) is 3.52. The number of nitrogen functional groups attached to an aromatic ring is 1. The smallest absolute Gasteiger partial charge is 0.340 e. The van der Waals surface area contributed by atoms with E-state index in [1.165, 1.54) is 13.2 Å². The molecule has 0 heterocycles. The van der Waals surface area contributed by atoms with Crippen LogP contribution in [0, 0.1) is 0 Å². The van der Waals surface area contributed by atoms with Gasteiger partial charge in [0.25, 0.3) is 5.91 Å². The minimum absolute atomic E-state index is 0.189. The van der Waals surface area contributed by atoms with Crippen LogP contribution < -0.4 is 11.1 Å². The van der Waals surface area contributed by atoms with Crippen molar-refractivity contribution in [2.24, 2.45) is 0 Å². The number of hydrogen-bond donors (Lipinski definition) is 2. The average Bonchev–Trinajstić information content (AvgIpc) is 2.48. The van der Waals surface area contributed by atoms with Crippen LogP contribution in [0.1, 0.15) is 20.7 Å². The molecule has 1 amide bonds. The summed E-state index contributed by atoms with van der Waals surface area (Å²) in [6.45, 7) is 0. The van der Waals surface area contributed by atoms with E-state index in [0.717, 1.165) is 0 Å². The van der Waals surface area contributed by atoms with Crippen LogP contribution in [-0.4, -0.2) is 19.0 Å². The molecule has 0 bridgehead atoms. The summed E-state index contributed by atoms with van der Waals surface area (Å²) in [5.74, 6) is -0.937. The first kappa shape index (κ1) is 14.9. The molecule has 108 valence electrons. The predicted molar refractivity (Wildman–Crippen MR) is 81.6 cm³/mol. The summed E-state index contributed by atoms with van der Waals surface area (Å²) in [6.07, 6.45) is 0. The van der Waals surface area contributed by atoms with Crippen LogP contribution in [0.4, 0.5) is 11.4 Å². The third-order valence-electron chi connectivity index (χ3n) is 2.81. The van der Waals surface area contributed by atoms with Gasteiger partial charge in [0.15, 0.2) is 0 Å². The Hall–Kier alpha value is -2.53. The molecule has 2 rings (SSSR count). The van der Waals surface area contributed by atoms with E-state index >= 15 is 0 Å². The van der Waals surface area contributed by atoms with Crippen molar-refractivity contribution >= 4 is 34.9 Å². The van der Waals surface area contributed by atoms with Gasteiger partial charge in [0.05, 0.1) is 18.4 Å². The second-order valence-corrected chi connectivity index (χ2v) is 4.69. The molecule has 0 saturated heterocycles. The number of anilines is 2. The Morgan fingerprint density at radius 3 is 2.43 bits per heavy atom. The minimum Gasteiger partial charge on any atom is -0.465 e. The Kier molecular flexibility index (Phi) is 4.45. The lowest BCUT2D eigenvalue weighted by atomic mass is 10.1. The Balaban J connectivity index is 2.28. The molecule has 0 fully saturated rings. The summed E-state index contributed by atoms with van der Waals surface area (Å²) in [5, 5.41) is 3.03. The lowest BCUT2D eigenvalue weighted by molar-refractivity contribution is 0.0602. The number of ether oxygens (including phenoxy) is 1. The predicted octanol–water partition coefficient (Wildman–Crippen LogP) is 2.96. The third-order valence-corrected chi connectivity index (χ3v) is 3.04. The standard InChI is InChI=1S/C15H13ClN2O3/c1-21-15(20)12-8-10(16)4-7-13(12)18-14(19)9-2-5-11(17)6-3-9/h2-8H,17H2,1H3,(H,18,19). The van der Waals surface area contributed by atoms with Crippen LogP contribution in [0.3, 0.4) is 0 Å². The molecule has 3 N–H and O–H groups in total. The molecule has 0 aromatic heterocycles. The fourth-order valence-electron chi connectivity index (χ4n) is 1.73. The van der Waals surface area contributed by atoms with E-state index in [4.69, 9.17) is 17.3 Å². The molecule has 0 radical (unpaired) electrons. The number of esters is 1. The van der Waals surface area contributed by atoms with E-state index in [2.05, 4.69) is 10.1 Å². The van der Waals surface area contributed by atoms with Gasteiger partial charge in [0.2, 0.25) is 0 Å². The molecule has 6 heteroatoms. The summed E-state index contributed by atoms with van der Waals surface area (Å²) in [6, 6.07) is 11.0. The van der Waals surface area contributed by atoms with E-state index < -0.39 is 5.97 Å². The van der Waals surface area contributed by atoms with E-state index in [0.29, 0.717) is 22.0 Å². The quantitative estimate of drug-likeness (QED) is 0.674. The van der Waals surface area contributed by atoms with Crippen molar-refractivity contribution in [3.8, 4) is 0 Å². The largest absolute Gasteiger partial charge is 0.465 e. The van der Waals surface area contributed by atoms with Crippen LogP contribution in [0.5, 0.6) is 0 Å². The summed E-state index contributed by atoms with van der Waals surface area (Å²) >= 11 is 5.85. The Labute approximate surface area is 126 Å². The van der Waals surface area contributed by atoms with Gasteiger partial charge in [0.1, 0.15) is 0 Å². The maximum absolute atomic E-state index is 12.1. The first-order valence-corrected chi connectivity index (χ1v) is 6.44. The number of carbonyl (C=O) groups excluding carboxylic acids is 2. The Morgan fingerprint density at radius 1 is 1.14 bits per heavy atom. The number of nitrogens with two attached hydrogens (primary N) is 1. The molecule has 0 atom stereocenters.